The second-order valence-corrected chi connectivity index (χ2v) is 24.6. The summed E-state index contributed by atoms with van der Waals surface area (Å²) in [5.74, 6) is 3.80. The summed E-state index contributed by atoms with van der Waals surface area (Å²) in [4.78, 5) is 92.9. The lowest BCUT2D eigenvalue weighted by molar-refractivity contribution is 0.122. The molecule has 0 amide bonds. The second kappa shape index (κ2) is 33.3. The average molecular weight is 1360 g/mol. The summed E-state index contributed by atoms with van der Waals surface area (Å²) in [6.07, 6.45) is 9.68. The fourth-order valence-electron chi connectivity index (χ4n) is 11.7. The first kappa shape index (κ1) is 68.8. The molecular formula is C65H76Cl5N15O7. The molecule has 1 unspecified atom stereocenters. The van der Waals surface area contributed by atoms with Gasteiger partial charge in [-0.3, -0.25) is 47.2 Å². The van der Waals surface area contributed by atoms with E-state index < -0.39 is 0 Å². The third kappa shape index (κ3) is 18.8. The van der Waals surface area contributed by atoms with Gasteiger partial charge in [-0.05, 0) is 97.7 Å². The Bertz CT molecular complexity index is 3860. The lowest BCUT2D eigenvalue weighted by atomic mass is 10.0. The van der Waals surface area contributed by atoms with Gasteiger partial charge in [-0.2, -0.15) is 9.97 Å². The predicted octanol–water partition coefficient (Wildman–Crippen LogP) is 8.47. The summed E-state index contributed by atoms with van der Waals surface area (Å²) in [5.41, 5.74) is 3.25. The number of hydrogen-bond donors (Lipinski definition) is 1. The van der Waals surface area contributed by atoms with Crippen molar-refractivity contribution in [3.63, 3.8) is 0 Å². The largest absolute Gasteiger partial charge is 0.378 e. The van der Waals surface area contributed by atoms with Crippen LogP contribution in [0.4, 0.5) is 29.5 Å². The Morgan fingerprint density at radius 1 is 0.413 bits per heavy atom. The molecule has 3 atom stereocenters. The molecule has 0 bridgehead atoms. The zero-order valence-corrected chi connectivity index (χ0v) is 55.7. The predicted molar refractivity (Wildman–Crippen MR) is 365 cm³/mol. The van der Waals surface area contributed by atoms with Gasteiger partial charge in [-0.1, -0.05) is 126 Å². The van der Waals surface area contributed by atoms with Crippen LogP contribution >= 0.6 is 58.0 Å². The summed E-state index contributed by atoms with van der Waals surface area (Å²) < 4.78 is 17.0. The number of H-pyrrole nitrogens is 1. The van der Waals surface area contributed by atoms with Crippen LogP contribution in [0.25, 0.3) is 0 Å². The molecule has 5 aliphatic heterocycles. The standard InChI is InChI=1S/2C20H26N4O2.C16H18ClN3O.C5H4Cl2N2O.C4H2Cl2N2O/c2*1-22-19(25)15-18(23-10-12-26-13-11-23)21-20(22)24-9-5-8-17(24)14-16-6-3-2-4-7-16;1-19-15(21)11-14(17)18-16(19)20-9-5-8-13(20)10-12-6-3-2-4-7-12;1-9-4(10)2-3(6)8-5(9)7;5-2-1-3(9)8-4(6)7-2/h2*2-4,6-7,15,17H,5,8-14H2,1H3;2-4,6-7,11,13H,5,8-10H2,1H3;2H,1H3;1H,(H,7,8,9)/t2*17-;;;/m10.../s1. The van der Waals surface area contributed by atoms with Gasteiger partial charge in [0.1, 0.15) is 27.1 Å². The molecule has 0 aliphatic carbocycles. The molecule has 5 aliphatic rings. The maximum atomic E-state index is 12.6. The van der Waals surface area contributed by atoms with Crippen LogP contribution in [-0.2, 0) is 56.9 Å². The van der Waals surface area contributed by atoms with Crippen molar-refractivity contribution in [2.75, 3.05) is 96.7 Å². The van der Waals surface area contributed by atoms with Gasteiger partial charge in [0.25, 0.3) is 27.8 Å². The van der Waals surface area contributed by atoms with E-state index in [0.717, 1.165) is 133 Å². The molecule has 3 aromatic carbocycles. The van der Waals surface area contributed by atoms with Crippen LogP contribution in [0.5, 0.6) is 0 Å². The molecule has 5 aromatic heterocycles. The molecular weight excluding hydrogens is 1280 g/mol. The Balaban J connectivity index is 0.000000143. The molecule has 0 saturated carbocycles. The smallest absolute Gasteiger partial charge is 0.256 e. The first-order valence-electron chi connectivity index (χ1n) is 30.7. The Hall–Kier alpha value is -7.57. The molecule has 488 valence electrons. The van der Waals surface area contributed by atoms with E-state index in [9.17, 15) is 24.0 Å². The second-order valence-electron chi connectivity index (χ2n) is 22.7. The molecule has 8 aromatic rings. The van der Waals surface area contributed by atoms with E-state index in [-0.39, 0.29) is 53.8 Å². The van der Waals surface area contributed by atoms with Crippen LogP contribution in [0, 0.1) is 0 Å². The van der Waals surface area contributed by atoms with Crippen LogP contribution in [-0.4, -0.2) is 139 Å². The highest BCUT2D eigenvalue weighted by Gasteiger charge is 2.32. The van der Waals surface area contributed by atoms with Crippen LogP contribution in [0.15, 0.2) is 145 Å². The van der Waals surface area contributed by atoms with Gasteiger partial charge in [0.15, 0.2) is 0 Å². The van der Waals surface area contributed by atoms with Crippen LogP contribution < -0.4 is 52.3 Å². The Labute approximate surface area is 558 Å². The third-order valence-corrected chi connectivity index (χ3v) is 17.6. The van der Waals surface area contributed by atoms with Gasteiger partial charge in [-0.25, -0.2) is 15.0 Å². The van der Waals surface area contributed by atoms with Crippen LogP contribution in [0.2, 0.25) is 26.0 Å². The topological polar surface area (TPSA) is 220 Å². The SMILES string of the molecule is Cn1c(Cl)nc(Cl)cc1=O.Cn1c(N2CCCC2Cc2ccccc2)nc(Cl)cc1=O.Cn1c(N2CCC[C@@H]2Cc2ccccc2)nc(N2CCOCC2)cc1=O.Cn1c(N2CCC[C@H]2Cc2ccccc2)nc(N2CCOCC2)cc1=O.O=c1cc(Cl)nc(Cl)[nH]1. The van der Waals surface area contributed by atoms with E-state index >= 15 is 0 Å². The fraction of sp³-hybridized carbons (Fsp3) is 0.415. The Kier molecular flexibility index (Phi) is 24.9. The number of hydrogen-bond acceptors (Lipinski definition) is 17. The van der Waals surface area contributed by atoms with Crippen molar-refractivity contribution in [2.45, 2.75) is 75.9 Å². The van der Waals surface area contributed by atoms with Gasteiger partial charge in [-0.15, -0.1) is 0 Å². The van der Waals surface area contributed by atoms with Crippen molar-refractivity contribution in [2.24, 2.45) is 28.2 Å². The summed E-state index contributed by atoms with van der Waals surface area (Å²) >= 11 is 27.5. The molecule has 1 N–H and O–H groups in total. The van der Waals surface area contributed by atoms with Gasteiger partial charge in [0, 0.05) is 122 Å². The highest BCUT2D eigenvalue weighted by molar-refractivity contribution is 6.32. The molecule has 10 heterocycles. The van der Waals surface area contributed by atoms with E-state index in [1.807, 2.05) is 32.3 Å². The summed E-state index contributed by atoms with van der Waals surface area (Å²) in [6, 6.07) is 39.7. The van der Waals surface area contributed by atoms with Crippen molar-refractivity contribution in [1.82, 2.24) is 48.2 Å². The van der Waals surface area contributed by atoms with Gasteiger partial charge < -0.3 is 34.0 Å². The maximum Gasteiger partial charge on any atom is 0.256 e. The fourth-order valence-corrected chi connectivity index (χ4v) is 12.7. The zero-order valence-electron chi connectivity index (χ0n) is 51.9. The lowest BCUT2D eigenvalue weighted by Gasteiger charge is -2.31. The minimum Gasteiger partial charge on any atom is -0.378 e. The van der Waals surface area contributed by atoms with Crippen LogP contribution in [0.3, 0.4) is 0 Å². The normalized spacial score (nSPS) is 17.8. The summed E-state index contributed by atoms with van der Waals surface area (Å²) in [7, 11) is 6.92. The van der Waals surface area contributed by atoms with Crippen LogP contribution in [0.1, 0.15) is 55.2 Å². The number of nitrogens with zero attached hydrogens (tertiary/aromatic N) is 14. The summed E-state index contributed by atoms with van der Waals surface area (Å²) in [5, 5.41) is 0.584. The minimum atomic E-state index is -0.347. The number of aromatic amines is 1. The van der Waals surface area contributed by atoms with E-state index in [1.54, 1.807) is 32.9 Å². The summed E-state index contributed by atoms with van der Waals surface area (Å²) in [6.45, 7) is 8.70. The number of benzene rings is 3. The average Bonchev–Trinajstić information content (AvgIpc) is 1.41. The number of nitrogens with one attached hydrogen (secondary N) is 1. The molecule has 92 heavy (non-hydrogen) atoms. The Morgan fingerprint density at radius 3 is 1.11 bits per heavy atom. The quantitative estimate of drug-likeness (QED) is 0.0948. The highest BCUT2D eigenvalue weighted by atomic mass is 35.5. The van der Waals surface area contributed by atoms with Crippen molar-refractivity contribution < 1.29 is 9.47 Å². The lowest BCUT2D eigenvalue weighted by Crippen LogP contribution is -2.40. The van der Waals surface area contributed by atoms with Gasteiger partial charge in [0.2, 0.25) is 28.4 Å². The number of aromatic nitrogens is 10. The first-order chi connectivity index (χ1) is 44.4. The molecule has 5 saturated heterocycles. The molecule has 5 fully saturated rings. The molecule has 0 radical (unpaired) electrons. The van der Waals surface area contributed by atoms with E-state index in [1.165, 1.54) is 40.4 Å². The van der Waals surface area contributed by atoms with Crippen molar-refractivity contribution in [3.05, 3.63) is 216 Å². The third-order valence-electron chi connectivity index (χ3n) is 16.5. The number of morpholine rings is 2. The molecule has 13 rings (SSSR count). The number of anilines is 5. The van der Waals surface area contributed by atoms with E-state index in [0.29, 0.717) is 50.5 Å². The molecule has 27 heteroatoms. The van der Waals surface area contributed by atoms with Crippen molar-refractivity contribution in [3.8, 4) is 0 Å². The molecule has 22 nitrogen and oxygen atoms in total. The maximum absolute atomic E-state index is 12.6. The first-order valence-corrected chi connectivity index (χ1v) is 32.6. The Morgan fingerprint density at radius 2 is 0.750 bits per heavy atom. The van der Waals surface area contributed by atoms with Gasteiger partial charge >= 0.3 is 0 Å². The molecule has 0 spiro atoms. The zero-order chi connectivity index (χ0) is 65.3. The van der Waals surface area contributed by atoms with Crippen molar-refractivity contribution >= 4 is 87.5 Å². The number of halogens is 5. The monoisotopic (exact) mass is 1350 g/mol. The van der Waals surface area contributed by atoms with E-state index in [4.69, 9.17) is 77.4 Å². The highest BCUT2D eigenvalue weighted by Crippen LogP contribution is 2.30. The van der Waals surface area contributed by atoms with Gasteiger partial charge in [0.05, 0.1) is 26.4 Å². The van der Waals surface area contributed by atoms with Crippen molar-refractivity contribution in [1.29, 1.82) is 0 Å². The number of rotatable bonds is 11. The minimum absolute atomic E-state index is 0.00172. The van der Waals surface area contributed by atoms with E-state index in [2.05, 4.69) is 117 Å². The number of ether oxygens (including phenoxy) is 2.